The van der Waals surface area contributed by atoms with Crippen LogP contribution >= 0.6 is 15.9 Å². The molecular weight excluding hydrogens is 404 g/mol. The van der Waals surface area contributed by atoms with Crippen LogP contribution in [0.3, 0.4) is 0 Å². The summed E-state index contributed by atoms with van der Waals surface area (Å²) in [5, 5.41) is 2.14. The smallest absolute Gasteiger partial charge is 0.339 e. The summed E-state index contributed by atoms with van der Waals surface area (Å²) in [5.74, 6) is 0. The SMILES string of the molecule is Cc1c2occ(-c3ccc(Br)cc3)c2cc2c3c(c(=O)oc12)CCCCC3. The molecule has 1 aliphatic rings. The molecule has 0 fully saturated rings. The topological polar surface area (TPSA) is 43.4 Å². The van der Waals surface area contributed by atoms with E-state index < -0.39 is 0 Å². The van der Waals surface area contributed by atoms with Crippen LogP contribution < -0.4 is 5.63 Å². The van der Waals surface area contributed by atoms with Gasteiger partial charge in [0.2, 0.25) is 0 Å². The van der Waals surface area contributed by atoms with Gasteiger partial charge in [-0.25, -0.2) is 4.79 Å². The largest absolute Gasteiger partial charge is 0.463 e. The highest BCUT2D eigenvalue weighted by atomic mass is 79.9. The van der Waals surface area contributed by atoms with Crippen molar-refractivity contribution < 1.29 is 8.83 Å². The van der Waals surface area contributed by atoms with Gasteiger partial charge in [0.05, 0.1) is 6.26 Å². The van der Waals surface area contributed by atoms with Gasteiger partial charge in [-0.2, -0.15) is 0 Å². The summed E-state index contributed by atoms with van der Waals surface area (Å²) < 4.78 is 12.7. The number of hydrogen-bond donors (Lipinski definition) is 0. The molecule has 0 bridgehead atoms. The maximum atomic E-state index is 12.6. The van der Waals surface area contributed by atoms with Crippen molar-refractivity contribution in [3.8, 4) is 11.1 Å². The highest BCUT2D eigenvalue weighted by Crippen LogP contribution is 2.38. The maximum Gasteiger partial charge on any atom is 0.339 e. The lowest BCUT2D eigenvalue weighted by molar-refractivity contribution is 0.543. The lowest BCUT2D eigenvalue weighted by Gasteiger charge is -2.11. The van der Waals surface area contributed by atoms with Gasteiger partial charge in [0, 0.05) is 31.9 Å². The number of furan rings is 1. The second-order valence-electron chi connectivity index (χ2n) is 7.32. The molecule has 0 N–H and O–H groups in total. The molecule has 136 valence electrons. The Kier molecular flexibility index (Phi) is 3.97. The summed E-state index contributed by atoms with van der Waals surface area (Å²) >= 11 is 3.49. The Morgan fingerprint density at radius 3 is 2.44 bits per heavy atom. The van der Waals surface area contributed by atoms with Crippen molar-refractivity contribution in [2.24, 2.45) is 0 Å². The van der Waals surface area contributed by atoms with Crippen molar-refractivity contribution in [3.63, 3.8) is 0 Å². The first-order chi connectivity index (χ1) is 13.1. The maximum absolute atomic E-state index is 12.6. The van der Waals surface area contributed by atoms with Crippen LogP contribution in [0.4, 0.5) is 0 Å². The Balaban J connectivity index is 1.85. The third-order valence-electron chi connectivity index (χ3n) is 5.68. The van der Waals surface area contributed by atoms with E-state index in [0.29, 0.717) is 5.58 Å². The molecule has 2 heterocycles. The molecule has 0 radical (unpaired) electrons. The third-order valence-corrected chi connectivity index (χ3v) is 6.21. The number of benzene rings is 2. The van der Waals surface area contributed by atoms with Crippen LogP contribution in [0.1, 0.15) is 36.0 Å². The summed E-state index contributed by atoms with van der Waals surface area (Å²) in [4.78, 5) is 12.6. The van der Waals surface area contributed by atoms with Crippen LogP contribution in [0.5, 0.6) is 0 Å². The summed E-state index contributed by atoms with van der Waals surface area (Å²) in [7, 11) is 0. The van der Waals surface area contributed by atoms with E-state index in [1.54, 1.807) is 6.26 Å². The van der Waals surface area contributed by atoms with Crippen molar-refractivity contribution in [1.29, 1.82) is 0 Å². The molecule has 4 heteroatoms. The Labute approximate surface area is 165 Å². The van der Waals surface area contributed by atoms with E-state index in [1.165, 1.54) is 5.56 Å². The number of rotatable bonds is 1. The Morgan fingerprint density at radius 2 is 1.67 bits per heavy atom. The Bertz CT molecular complexity index is 1230. The molecule has 0 saturated heterocycles. The monoisotopic (exact) mass is 422 g/mol. The zero-order valence-electron chi connectivity index (χ0n) is 15.1. The van der Waals surface area contributed by atoms with Gasteiger partial charge in [-0.3, -0.25) is 0 Å². The molecule has 2 aromatic heterocycles. The van der Waals surface area contributed by atoms with E-state index in [0.717, 1.165) is 75.2 Å². The molecule has 0 aliphatic heterocycles. The van der Waals surface area contributed by atoms with Gasteiger partial charge in [-0.1, -0.05) is 34.5 Å². The standard InChI is InChI=1S/C23H19BrO3/c1-13-21-19(20(12-26-21)14-7-9-15(24)10-8-14)11-18-16-5-3-2-4-6-17(16)23(25)27-22(13)18/h7-12H,2-6H2,1H3. The van der Waals surface area contributed by atoms with Gasteiger partial charge >= 0.3 is 5.63 Å². The number of aryl methyl sites for hydroxylation is 2. The van der Waals surface area contributed by atoms with E-state index in [9.17, 15) is 4.79 Å². The lowest BCUT2D eigenvalue weighted by Crippen LogP contribution is -2.11. The summed E-state index contributed by atoms with van der Waals surface area (Å²) in [5.41, 5.74) is 6.40. The van der Waals surface area contributed by atoms with Crippen LogP contribution in [0.25, 0.3) is 33.1 Å². The van der Waals surface area contributed by atoms with Gasteiger partial charge in [0.15, 0.2) is 0 Å². The van der Waals surface area contributed by atoms with Gasteiger partial charge in [0.25, 0.3) is 0 Å². The predicted molar refractivity (Wildman–Crippen MR) is 111 cm³/mol. The molecule has 0 spiro atoms. The zero-order chi connectivity index (χ0) is 18.5. The van der Waals surface area contributed by atoms with Crippen LogP contribution in [0.15, 0.2) is 54.7 Å². The minimum Gasteiger partial charge on any atom is -0.463 e. The molecule has 1 aliphatic carbocycles. The number of fused-ring (bicyclic) bond motifs is 4. The van der Waals surface area contributed by atoms with Gasteiger partial charge in [0.1, 0.15) is 11.2 Å². The van der Waals surface area contributed by atoms with Crippen molar-refractivity contribution in [3.05, 3.63) is 68.2 Å². The van der Waals surface area contributed by atoms with Gasteiger partial charge in [-0.05, 0) is 61.9 Å². The van der Waals surface area contributed by atoms with Crippen molar-refractivity contribution >= 4 is 37.9 Å². The fourth-order valence-corrected chi connectivity index (χ4v) is 4.55. The molecule has 5 rings (SSSR count). The molecule has 0 unspecified atom stereocenters. The molecule has 0 atom stereocenters. The molecule has 2 aromatic carbocycles. The van der Waals surface area contributed by atoms with E-state index in [4.69, 9.17) is 8.83 Å². The van der Waals surface area contributed by atoms with Crippen LogP contribution in [0, 0.1) is 6.92 Å². The molecule has 27 heavy (non-hydrogen) atoms. The average molecular weight is 423 g/mol. The fourth-order valence-electron chi connectivity index (χ4n) is 4.28. The molecule has 0 amide bonds. The lowest BCUT2D eigenvalue weighted by atomic mass is 9.95. The molecule has 4 aromatic rings. The number of halogens is 1. The molecule has 0 saturated carbocycles. The fraction of sp³-hybridized carbons (Fsp3) is 0.261. The van der Waals surface area contributed by atoms with Gasteiger partial charge in [-0.15, -0.1) is 0 Å². The average Bonchev–Trinajstić information content (AvgIpc) is 2.92. The van der Waals surface area contributed by atoms with Crippen LogP contribution in [-0.2, 0) is 12.8 Å². The highest BCUT2D eigenvalue weighted by molar-refractivity contribution is 9.10. The zero-order valence-corrected chi connectivity index (χ0v) is 16.7. The Hall–Kier alpha value is -2.33. The van der Waals surface area contributed by atoms with Crippen LogP contribution in [-0.4, -0.2) is 0 Å². The first kappa shape index (κ1) is 16.8. The number of hydrogen-bond acceptors (Lipinski definition) is 3. The van der Waals surface area contributed by atoms with E-state index in [2.05, 4.69) is 34.1 Å². The van der Waals surface area contributed by atoms with E-state index in [1.807, 2.05) is 19.1 Å². The van der Waals surface area contributed by atoms with Crippen LogP contribution in [0.2, 0.25) is 0 Å². The normalized spacial score (nSPS) is 14.4. The summed E-state index contributed by atoms with van der Waals surface area (Å²) in [6.45, 7) is 1.98. The molecular formula is C23H19BrO3. The second kappa shape index (κ2) is 6.38. The second-order valence-corrected chi connectivity index (χ2v) is 8.23. The van der Waals surface area contributed by atoms with Crippen molar-refractivity contribution in [2.75, 3.05) is 0 Å². The van der Waals surface area contributed by atoms with Crippen molar-refractivity contribution in [2.45, 2.75) is 39.0 Å². The first-order valence-electron chi connectivity index (χ1n) is 9.39. The first-order valence-corrected chi connectivity index (χ1v) is 10.2. The Morgan fingerprint density at radius 1 is 0.926 bits per heavy atom. The summed E-state index contributed by atoms with van der Waals surface area (Å²) in [6, 6.07) is 10.4. The summed E-state index contributed by atoms with van der Waals surface area (Å²) in [6.07, 6.45) is 6.89. The third kappa shape index (κ3) is 2.66. The predicted octanol–water partition coefficient (Wildman–Crippen LogP) is 6.55. The quantitative estimate of drug-likeness (QED) is 0.258. The van der Waals surface area contributed by atoms with Crippen molar-refractivity contribution in [1.82, 2.24) is 0 Å². The van der Waals surface area contributed by atoms with Gasteiger partial charge < -0.3 is 8.83 Å². The minimum absolute atomic E-state index is 0.179. The molecule has 3 nitrogen and oxygen atoms in total. The van der Waals surface area contributed by atoms with E-state index >= 15 is 0 Å². The minimum atomic E-state index is -0.179. The van der Waals surface area contributed by atoms with E-state index in [-0.39, 0.29) is 5.63 Å². The highest BCUT2D eigenvalue weighted by Gasteiger charge is 2.21.